The predicted molar refractivity (Wildman–Crippen MR) is 241 cm³/mol. The largest absolute Gasteiger partial charge is 0.310 e. The van der Waals surface area contributed by atoms with Crippen molar-refractivity contribution in [2.24, 2.45) is 0 Å². The van der Waals surface area contributed by atoms with Crippen molar-refractivity contribution in [2.45, 2.75) is 5.41 Å². The summed E-state index contributed by atoms with van der Waals surface area (Å²) in [6.45, 7) is 0. The molecule has 1 spiro atoms. The Morgan fingerprint density at radius 3 is 1.49 bits per heavy atom. The minimum absolute atomic E-state index is 0.400. The molecule has 1 heterocycles. The van der Waals surface area contributed by atoms with Crippen LogP contribution in [0.3, 0.4) is 0 Å². The molecule has 9 aromatic carbocycles. The van der Waals surface area contributed by atoms with Gasteiger partial charge in [-0.05, 0) is 110 Å². The predicted octanol–water partition coefficient (Wildman–Crippen LogP) is 15.2. The van der Waals surface area contributed by atoms with Gasteiger partial charge >= 0.3 is 0 Å². The van der Waals surface area contributed by atoms with Crippen LogP contribution in [0.15, 0.2) is 212 Å². The van der Waals surface area contributed by atoms with E-state index in [1.165, 1.54) is 86.9 Å². The van der Waals surface area contributed by atoms with Crippen LogP contribution >= 0.6 is 11.3 Å². The smallest absolute Gasteiger partial charge is 0.0725 e. The average molecular weight is 742 g/mol. The lowest BCUT2D eigenvalue weighted by Crippen LogP contribution is -2.25. The van der Waals surface area contributed by atoms with Crippen LogP contribution in [0.5, 0.6) is 0 Å². The van der Waals surface area contributed by atoms with Gasteiger partial charge in [-0.25, -0.2) is 0 Å². The molecule has 266 valence electrons. The Labute approximate surface area is 336 Å². The normalized spacial score (nSPS) is 13.1. The fourth-order valence-corrected chi connectivity index (χ4v) is 11.1. The van der Waals surface area contributed by atoms with Crippen molar-refractivity contribution in [1.29, 1.82) is 0 Å². The van der Waals surface area contributed by atoms with Gasteiger partial charge in [0, 0.05) is 42.8 Å². The van der Waals surface area contributed by atoms with Gasteiger partial charge in [0.15, 0.2) is 0 Å². The van der Waals surface area contributed by atoms with E-state index < -0.39 is 5.41 Å². The molecule has 0 atom stereocenters. The molecular formula is C55H35NS. The highest BCUT2D eigenvalue weighted by Crippen LogP contribution is 2.63. The lowest BCUT2D eigenvalue weighted by atomic mass is 9.70. The van der Waals surface area contributed by atoms with Gasteiger partial charge in [0.05, 0.1) is 5.41 Å². The molecule has 0 aliphatic heterocycles. The number of nitrogens with zero attached hydrogens (tertiary/aromatic N) is 1. The summed E-state index contributed by atoms with van der Waals surface area (Å²) in [5.41, 5.74) is 18.6. The average Bonchev–Trinajstić information content (AvgIpc) is 3.91. The van der Waals surface area contributed by atoms with Gasteiger partial charge < -0.3 is 4.90 Å². The van der Waals surface area contributed by atoms with Crippen LogP contribution in [-0.4, -0.2) is 0 Å². The molecular weight excluding hydrogens is 707 g/mol. The quantitative estimate of drug-likeness (QED) is 0.170. The summed E-state index contributed by atoms with van der Waals surface area (Å²) in [6.07, 6.45) is 0. The first-order valence-electron chi connectivity index (χ1n) is 19.7. The van der Waals surface area contributed by atoms with Crippen molar-refractivity contribution in [2.75, 3.05) is 4.90 Å². The summed E-state index contributed by atoms with van der Waals surface area (Å²) < 4.78 is 2.61. The van der Waals surface area contributed by atoms with Crippen LogP contribution in [0.4, 0.5) is 17.1 Å². The lowest BCUT2D eigenvalue weighted by Gasteiger charge is -2.31. The molecule has 2 heteroatoms. The van der Waals surface area contributed by atoms with Crippen molar-refractivity contribution in [3.63, 3.8) is 0 Å². The maximum atomic E-state index is 2.53. The maximum absolute atomic E-state index is 2.53. The number of hydrogen-bond donors (Lipinski definition) is 0. The monoisotopic (exact) mass is 741 g/mol. The number of fused-ring (bicyclic) bond motifs is 13. The van der Waals surface area contributed by atoms with Crippen molar-refractivity contribution in [1.82, 2.24) is 0 Å². The Kier molecular flexibility index (Phi) is 7.08. The molecule has 10 aromatic rings. The van der Waals surface area contributed by atoms with Crippen LogP contribution in [0.2, 0.25) is 0 Å². The number of anilines is 3. The first-order valence-corrected chi connectivity index (χ1v) is 20.5. The molecule has 2 aliphatic rings. The molecule has 1 nitrogen and oxygen atoms in total. The van der Waals surface area contributed by atoms with Crippen molar-refractivity contribution in [3.05, 3.63) is 235 Å². The highest BCUT2D eigenvalue weighted by atomic mass is 32.1. The van der Waals surface area contributed by atoms with Crippen molar-refractivity contribution < 1.29 is 0 Å². The van der Waals surface area contributed by atoms with Gasteiger partial charge in [-0.15, -0.1) is 11.3 Å². The first-order chi connectivity index (χ1) is 28.3. The van der Waals surface area contributed by atoms with Gasteiger partial charge in [0.25, 0.3) is 0 Å². The molecule has 12 rings (SSSR count). The molecule has 0 saturated heterocycles. The van der Waals surface area contributed by atoms with Crippen LogP contribution in [0, 0.1) is 0 Å². The van der Waals surface area contributed by atoms with E-state index in [2.05, 4.69) is 217 Å². The van der Waals surface area contributed by atoms with Gasteiger partial charge in [-0.1, -0.05) is 164 Å². The second-order valence-corrected chi connectivity index (χ2v) is 16.3. The molecule has 1 aromatic heterocycles. The third kappa shape index (κ3) is 4.68. The summed E-state index contributed by atoms with van der Waals surface area (Å²) in [7, 11) is 0. The highest BCUT2D eigenvalue weighted by Gasteiger charge is 2.51. The maximum Gasteiger partial charge on any atom is 0.0725 e. The number of para-hydroxylation sites is 1. The summed E-state index contributed by atoms with van der Waals surface area (Å²) in [5.74, 6) is 0. The minimum atomic E-state index is -0.400. The van der Waals surface area contributed by atoms with Crippen LogP contribution < -0.4 is 4.90 Å². The zero-order chi connectivity index (χ0) is 37.5. The summed E-state index contributed by atoms with van der Waals surface area (Å²) >= 11 is 1.90. The molecule has 57 heavy (non-hydrogen) atoms. The Hall–Kier alpha value is -7.00. The summed E-state index contributed by atoms with van der Waals surface area (Å²) in [4.78, 5) is 2.42. The van der Waals surface area contributed by atoms with E-state index in [9.17, 15) is 0 Å². The zero-order valence-electron chi connectivity index (χ0n) is 31.1. The molecule has 2 aliphatic carbocycles. The Bertz CT molecular complexity index is 3110. The lowest BCUT2D eigenvalue weighted by molar-refractivity contribution is 0.794. The highest BCUT2D eigenvalue weighted by molar-refractivity contribution is 7.26. The van der Waals surface area contributed by atoms with E-state index in [0.29, 0.717) is 0 Å². The molecule has 0 radical (unpaired) electrons. The van der Waals surface area contributed by atoms with Gasteiger partial charge in [-0.3, -0.25) is 0 Å². The van der Waals surface area contributed by atoms with Crippen LogP contribution in [0.25, 0.3) is 64.7 Å². The van der Waals surface area contributed by atoms with Crippen molar-refractivity contribution in [3.8, 4) is 44.5 Å². The van der Waals surface area contributed by atoms with Crippen molar-refractivity contribution >= 4 is 48.6 Å². The van der Waals surface area contributed by atoms with Crippen LogP contribution in [-0.2, 0) is 5.41 Å². The van der Waals surface area contributed by atoms with E-state index in [0.717, 1.165) is 17.1 Å². The second kappa shape index (κ2) is 12.5. The van der Waals surface area contributed by atoms with E-state index in [1.54, 1.807) is 0 Å². The van der Waals surface area contributed by atoms with E-state index in [-0.39, 0.29) is 0 Å². The van der Waals surface area contributed by atoms with E-state index in [4.69, 9.17) is 0 Å². The third-order valence-corrected chi connectivity index (χ3v) is 13.5. The van der Waals surface area contributed by atoms with Gasteiger partial charge in [0.1, 0.15) is 0 Å². The van der Waals surface area contributed by atoms with E-state index >= 15 is 0 Å². The van der Waals surface area contributed by atoms with Gasteiger partial charge in [-0.2, -0.15) is 0 Å². The fraction of sp³-hybridized carbons (Fsp3) is 0.0182. The third-order valence-electron chi connectivity index (χ3n) is 12.3. The Balaban J connectivity index is 1.11. The minimum Gasteiger partial charge on any atom is -0.310 e. The topological polar surface area (TPSA) is 3.24 Å². The van der Waals surface area contributed by atoms with Crippen LogP contribution in [0.1, 0.15) is 22.3 Å². The molecule has 0 amide bonds. The number of benzene rings is 9. The number of hydrogen-bond acceptors (Lipinski definition) is 2. The standard InChI is InChI=1S/C55H35NS/c1-3-15-36(16-4-1)37-27-30-40(31-28-37)56(39-17-5-2-6-18-39)41-34-47(54-48(35-41)46-22-10-14-26-53(46)57-54)38-29-32-45-44-21-9-13-25-51(44)55(52(45)33-38)49-23-11-7-19-42(49)43-20-8-12-24-50(43)55/h1-35H. The summed E-state index contributed by atoms with van der Waals surface area (Å²) in [6, 6.07) is 78.7. The molecule has 0 N–H and O–H groups in total. The fourth-order valence-electron chi connectivity index (χ4n) is 9.88. The Morgan fingerprint density at radius 2 is 0.825 bits per heavy atom. The SMILES string of the molecule is c1ccc(-c2ccc(N(c3ccccc3)c3cc(-c4ccc5c(c4)C4(c6ccccc6-c6ccccc64)c4ccccc4-5)c4sc5ccccc5c4c3)cc2)cc1. The first kappa shape index (κ1) is 32.3. The molecule has 0 fully saturated rings. The molecule has 0 unspecified atom stereocenters. The summed E-state index contributed by atoms with van der Waals surface area (Å²) in [5, 5.41) is 2.57. The number of thiophene rings is 1. The Morgan fingerprint density at radius 1 is 0.316 bits per heavy atom. The van der Waals surface area contributed by atoms with Gasteiger partial charge in [0.2, 0.25) is 0 Å². The second-order valence-electron chi connectivity index (χ2n) is 15.2. The molecule has 0 saturated carbocycles. The number of rotatable bonds is 5. The van der Waals surface area contributed by atoms with E-state index in [1.807, 2.05) is 11.3 Å². The zero-order valence-corrected chi connectivity index (χ0v) is 31.9. The molecule has 0 bridgehead atoms.